The molecule has 0 N–H and O–H groups in total. The third-order valence-electron chi connectivity index (χ3n) is 11.1. The molecule has 0 saturated carbocycles. The first-order chi connectivity index (χ1) is 27.8. The third kappa shape index (κ3) is 5.08. The van der Waals surface area contributed by atoms with Crippen LogP contribution in [0, 0.1) is 0 Å². The van der Waals surface area contributed by atoms with Gasteiger partial charge in [0, 0.05) is 33.0 Å². The predicted octanol–water partition coefficient (Wildman–Crippen LogP) is 11.6. The largest absolute Gasteiger partial charge is 0.247 e. The Kier molecular flexibility index (Phi) is 7.46. The lowest BCUT2D eigenvalue weighted by Crippen LogP contribution is -2.25. The van der Waals surface area contributed by atoms with Gasteiger partial charge in [-0.2, -0.15) is 0 Å². The minimum atomic E-state index is 0.776. The highest BCUT2D eigenvalue weighted by molar-refractivity contribution is 6.06. The average Bonchev–Trinajstić information content (AvgIpc) is 3.86. The summed E-state index contributed by atoms with van der Waals surface area (Å²) in [7, 11) is 0. The molecule has 0 atom stereocenters. The molecule has 0 unspecified atom stereocenters. The Labute approximate surface area is 324 Å². The number of nitrogens with zero attached hydrogens (tertiary/aromatic N) is 4. The van der Waals surface area contributed by atoms with Crippen LogP contribution in [-0.4, -0.2) is 15.4 Å². The van der Waals surface area contributed by atoms with Crippen LogP contribution in [-0.2, 0) is 0 Å². The number of hydrogen-bond donors (Lipinski definition) is 0. The average molecular weight is 713 g/mol. The molecule has 260 valence electrons. The van der Waals surface area contributed by atoms with E-state index in [0.717, 1.165) is 106 Å². The van der Waals surface area contributed by atoms with Crippen molar-refractivity contribution >= 4 is 11.8 Å². The number of aromatic nitrogens is 3. The molecule has 11 rings (SSSR count). The summed E-state index contributed by atoms with van der Waals surface area (Å²) < 4.78 is 0. The van der Waals surface area contributed by atoms with Crippen LogP contribution in [0.4, 0.5) is 5.69 Å². The van der Waals surface area contributed by atoms with Crippen LogP contribution in [0.15, 0.2) is 193 Å². The molecule has 9 aromatic rings. The first-order valence-corrected chi connectivity index (χ1v) is 18.9. The predicted molar refractivity (Wildman–Crippen MR) is 227 cm³/mol. The van der Waals surface area contributed by atoms with Gasteiger partial charge in [0.1, 0.15) is 11.4 Å². The van der Waals surface area contributed by atoms with Gasteiger partial charge in [-0.25, -0.2) is 4.99 Å². The van der Waals surface area contributed by atoms with Gasteiger partial charge >= 0.3 is 0 Å². The number of benzene rings is 8. The SMILES string of the molecule is C1=c2c(ccc3c2=Nc2ccccc2-3)-c2ccc(-c3ccccc3-c3ccccc3)c(-c3nnnc(-c4ccccc4)c3-c3ccccc3-c3ccccc3)c21. The molecule has 0 radical (unpaired) electrons. The molecule has 0 spiro atoms. The van der Waals surface area contributed by atoms with Crippen LogP contribution in [0.1, 0.15) is 5.56 Å². The summed E-state index contributed by atoms with van der Waals surface area (Å²) in [5.74, 6) is 0. The third-order valence-corrected chi connectivity index (χ3v) is 11.1. The van der Waals surface area contributed by atoms with Gasteiger partial charge in [-0.1, -0.05) is 182 Å². The standard InChI is InChI=1S/C52H32N4/c1-4-16-33(17-5-1)36-22-10-12-24-38(36)43-30-28-39-40-29-31-44-41-25-14-15-27-47(41)53-51(44)46(40)32-45(39)48(43)52-49(50(54-56-55-52)35-20-8-3-9-21-35)42-26-13-11-23-37(42)34-18-6-2-7-19-34/h1-32H. The second-order valence-electron chi connectivity index (χ2n) is 14.2. The van der Waals surface area contributed by atoms with Crippen molar-refractivity contribution in [3.8, 4) is 89.3 Å². The summed E-state index contributed by atoms with van der Waals surface area (Å²) >= 11 is 0. The molecule has 2 heterocycles. The van der Waals surface area contributed by atoms with E-state index in [4.69, 9.17) is 15.2 Å². The lowest BCUT2D eigenvalue weighted by atomic mass is 9.83. The van der Waals surface area contributed by atoms with Crippen LogP contribution in [0.5, 0.6) is 0 Å². The number of para-hydroxylation sites is 1. The normalized spacial score (nSPS) is 11.9. The van der Waals surface area contributed by atoms with Crippen molar-refractivity contribution in [2.24, 2.45) is 4.99 Å². The highest BCUT2D eigenvalue weighted by Gasteiger charge is 2.29. The van der Waals surface area contributed by atoms with Gasteiger partial charge < -0.3 is 0 Å². The van der Waals surface area contributed by atoms with E-state index in [1.165, 1.54) is 5.56 Å². The van der Waals surface area contributed by atoms with Crippen molar-refractivity contribution in [1.29, 1.82) is 0 Å². The Bertz CT molecular complexity index is 3120. The van der Waals surface area contributed by atoms with Crippen molar-refractivity contribution < 1.29 is 0 Å². The first-order valence-electron chi connectivity index (χ1n) is 18.9. The van der Waals surface area contributed by atoms with Crippen LogP contribution in [0.3, 0.4) is 0 Å². The molecular weight excluding hydrogens is 681 g/mol. The molecule has 8 aromatic carbocycles. The molecule has 4 heteroatoms. The maximum atomic E-state index is 5.20. The minimum Gasteiger partial charge on any atom is -0.247 e. The van der Waals surface area contributed by atoms with Crippen LogP contribution in [0.25, 0.3) is 95.4 Å². The first kappa shape index (κ1) is 31.9. The number of hydrogen-bond acceptors (Lipinski definition) is 4. The van der Waals surface area contributed by atoms with Crippen molar-refractivity contribution in [2.75, 3.05) is 0 Å². The quantitative estimate of drug-likeness (QED) is 0.172. The van der Waals surface area contributed by atoms with E-state index in [0.29, 0.717) is 0 Å². The Balaban J connectivity index is 1.27. The second-order valence-corrected chi connectivity index (χ2v) is 14.2. The maximum Gasteiger partial charge on any atom is 0.106 e. The zero-order chi connectivity index (χ0) is 37.0. The van der Waals surface area contributed by atoms with Gasteiger partial charge in [0.25, 0.3) is 0 Å². The van der Waals surface area contributed by atoms with Crippen LogP contribution < -0.4 is 10.6 Å². The Morgan fingerprint density at radius 1 is 0.304 bits per heavy atom. The van der Waals surface area contributed by atoms with Crippen molar-refractivity contribution in [3.05, 3.63) is 204 Å². The fourth-order valence-electron chi connectivity index (χ4n) is 8.58. The molecule has 2 aliphatic rings. The van der Waals surface area contributed by atoms with Crippen molar-refractivity contribution in [2.45, 2.75) is 0 Å². The van der Waals surface area contributed by atoms with E-state index in [2.05, 4.69) is 193 Å². The van der Waals surface area contributed by atoms with E-state index in [-0.39, 0.29) is 0 Å². The van der Waals surface area contributed by atoms with Gasteiger partial charge in [0.15, 0.2) is 0 Å². The smallest absolute Gasteiger partial charge is 0.106 e. The molecule has 56 heavy (non-hydrogen) atoms. The summed E-state index contributed by atoms with van der Waals surface area (Å²) in [5.41, 5.74) is 18.9. The lowest BCUT2D eigenvalue weighted by Gasteiger charge is -2.21. The fraction of sp³-hybridized carbons (Fsp3) is 0. The molecule has 1 aliphatic heterocycles. The maximum absolute atomic E-state index is 5.20. The zero-order valence-corrected chi connectivity index (χ0v) is 30.3. The van der Waals surface area contributed by atoms with Gasteiger partial charge in [0.05, 0.1) is 11.0 Å². The molecule has 0 saturated heterocycles. The molecule has 0 bridgehead atoms. The van der Waals surface area contributed by atoms with Gasteiger partial charge in [-0.05, 0) is 73.0 Å². The van der Waals surface area contributed by atoms with Gasteiger partial charge in [-0.15, -0.1) is 10.2 Å². The Morgan fingerprint density at radius 3 is 1.50 bits per heavy atom. The van der Waals surface area contributed by atoms with E-state index in [9.17, 15) is 0 Å². The van der Waals surface area contributed by atoms with E-state index >= 15 is 0 Å². The summed E-state index contributed by atoms with van der Waals surface area (Å²) in [6.07, 6.45) is 2.33. The monoisotopic (exact) mass is 712 g/mol. The molecule has 0 fully saturated rings. The summed E-state index contributed by atoms with van der Waals surface area (Å²) in [6.45, 7) is 0. The number of fused-ring (bicyclic) bond motifs is 7. The van der Waals surface area contributed by atoms with E-state index in [1.54, 1.807) is 0 Å². The van der Waals surface area contributed by atoms with E-state index in [1.807, 2.05) is 6.07 Å². The Hall–Kier alpha value is -7.56. The van der Waals surface area contributed by atoms with Crippen LogP contribution >= 0.6 is 0 Å². The Morgan fingerprint density at radius 2 is 0.804 bits per heavy atom. The van der Waals surface area contributed by atoms with Crippen molar-refractivity contribution in [3.63, 3.8) is 0 Å². The molecule has 0 amide bonds. The summed E-state index contributed by atoms with van der Waals surface area (Å²) in [4.78, 5) is 5.20. The minimum absolute atomic E-state index is 0.776. The fourth-order valence-corrected chi connectivity index (χ4v) is 8.58. The van der Waals surface area contributed by atoms with Gasteiger partial charge in [0.2, 0.25) is 0 Å². The summed E-state index contributed by atoms with van der Waals surface area (Å²) in [5, 5.41) is 16.6. The lowest BCUT2D eigenvalue weighted by molar-refractivity contribution is 0.879. The van der Waals surface area contributed by atoms with Gasteiger partial charge in [-0.3, -0.25) is 0 Å². The zero-order valence-electron chi connectivity index (χ0n) is 30.3. The molecule has 4 nitrogen and oxygen atoms in total. The van der Waals surface area contributed by atoms with Crippen molar-refractivity contribution in [1.82, 2.24) is 15.4 Å². The second kappa shape index (κ2) is 13.1. The van der Waals surface area contributed by atoms with Crippen LogP contribution in [0.2, 0.25) is 0 Å². The molecular formula is C52H32N4. The topological polar surface area (TPSA) is 51.0 Å². The highest BCUT2D eigenvalue weighted by Crippen LogP contribution is 2.49. The summed E-state index contributed by atoms with van der Waals surface area (Å²) in [6, 6.07) is 66.2. The number of rotatable bonds is 6. The van der Waals surface area contributed by atoms with E-state index < -0.39 is 0 Å². The molecule has 1 aliphatic carbocycles. The molecule has 1 aromatic heterocycles. The highest BCUT2D eigenvalue weighted by atomic mass is 15.3.